The minimum atomic E-state index is -1.42. The molecule has 2 aromatic carbocycles. The number of nitrogens with one attached hydrogen (secondary N) is 1. The van der Waals surface area contributed by atoms with E-state index in [9.17, 15) is 20.1 Å². The lowest BCUT2D eigenvalue weighted by Gasteiger charge is -2.42. The summed E-state index contributed by atoms with van der Waals surface area (Å²) < 4.78 is 20.2. The molecular weight excluding hydrogens is 512 g/mol. The van der Waals surface area contributed by atoms with Crippen LogP contribution < -0.4 is 14.8 Å². The van der Waals surface area contributed by atoms with Crippen LogP contribution in [-0.4, -0.2) is 80.8 Å². The third-order valence-corrected chi connectivity index (χ3v) is 6.85. The molecule has 1 amide bonds. The number of carbonyl (C=O) groups excluding carboxylic acids is 1. The van der Waals surface area contributed by atoms with Gasteiger partial charge in [-0.05, 0) is 48.5 Å². The Hall–Kier alpha value is -3.29. The first-order chi connectivity index (χ1) is 18.3. The van der Waals surface area contributed by atoms with Gasteiger partial charge in [0.1, 0.15) is 30.2 Å². The molecule has 5 atom stereocenters. The van der Waals surface area contributed by atoms with Crippen molar-refractivity contribution >= 4 is 18.1 Å². The smallest absolute Gasteiger partial charge is 0.217 e. The van der Waals surface area contributed by atoms with Gasteiger partial charge < -0.3 is 34.8 Å². The average Bonchev–Trinajstić information content (AvgIpc) is 3.25. The van der Waals surface area contributed by atoms with Gasteiger partial charge in [-0.15, -0.1) is 0 Å². The molecule has 0 saturated carbocycles. The average molecular weight is 545 g/mol. The molecule has 4 N–H and O–H groups in total. The molecule has 4 rings (SSSR count). The number of aromatic nitrogens is 3. The molecule has 12 heteroatoms. The molecule has 0 spiro atoms. The third-order valence-electron chi connectivity index (χ3n) is 6.48. The highest BCUT2D eigenvalue weighted by Crippen LogP contribution is 2.31. The van der Waals surface area contributed by atoms with E-state index in [0.717, 1.165) is 11.3 Å². The Labute approximate surface area is 225 Å². The lowest BCUT2D eigenvalue weighted by atomic mass is 9.96. The second-order valence-electron chi connectivity index (χ2n) is 8.96. The second-order valence-corrected chi connectivity index (χ2v) is 9.32. The SMILES string of the molecule is COc1ccc(CCc2nn([C@@H]3O[C@H](CO)[C@@H](O)[C@H](O)[C@H]3NC(C)=O)c(=S)n2-c2ccccc2)cc1OC. The Morgan fingerprint density at radius 1 is 1.08 bits per heavy atom. The summed E-state index contributed by atoms with van der Waals surface area (Å²) in [6.07, 6.45) is -3.93. The Bertz CT molecular complexity index is 1310. The predicted octanol–water partition coefficient (Wildman–Crippen LogP) is 1.32. The molecule has 1 aliphatic rings. The number of amides is 1. The maximum absolute atomic E-state index is 11.9. The first-order valence-corrected chi connectivity index (χ1v) is 12.6. The fraction of sp³-hybridized carbons (Fsp3) is 0.423. The van der Waals surface area contributed by atoms with Crippen LogP contribution in [0.25, 0.3) is 5.69 Å². The van der Waals surface area contributed by atoms with Gasteiger partial charge >= 0.3 is 0 Å². The van der Waals surface area contributed by atoms with Crippen LogP contribution in [0.1, 0.15) is 24.5 Å². The standard InChI is InChI=1S/C26H32N4O7S/c1-15(32)27-22-24(34)23(33)20(14-31)37-25(22)30-26(38)29(17-7-5-4-6-8-17)21(28-30)12-10-16-9-11-18(35-2)19(13-16)36-3/h4-9,11,13,20,22-25,31,33-34H,10,12,14H2,1-3H3,(H,27,32)/t20-,22-,23-,24-,25-/m1/s1. The predicted molar refractivity (Wildman–Crippen MR) is 140 cm³/mol. The van der Waals surface area contributed by atoms with Gasteiger partial charge in [0, 0.05) is 19.0 Å². The Morgan fingerprint density at radius 2 is 1.79 bits per heavy atom. The van der Waals surface area contributed by atoms with Crippen molar-refractivity contribution < 1.29 is 34.3 Å². The topological polar surface area (TPSA) is 140 Å². The highest BCUT2D eigenvalue weighted by Gasteiger charge is 2.46. The summed E-state index contributed by atoms with van der Waals surface area (Å²) in [5, 5.41) is 38.3. The second kappa shape index (κ2) is 12.0. The summed E-state index contributed by atoms with van der Waals surface area (Å²) in [6, 6.07) is 14.1. The molecule has 38 heavy (non-hydrogen) atoms. The normalized spacial score (nSPS) is 23.2. The molecule has 0 bridgehead atoms. The zero-order valence-corrected chi connectivity index (χ0v) is 22.2. The van der Waals surface area contributed by atoms with Gasteiger partial charge in [0.25, 0.3) is 0 Å². The number of aliphatic hydroxyl groups excluding tert-OH is 3. The number of hydrogen-bond acceptors (Lipinski definition) is 9. The summed E-state index contributed by atoms with van der Waals surface area (Å²) in [4.78, 5) is 11.9. The number of methoxy groups -OCH3 is 2. The number of hydrogen-bond donors (Lipinski definition) is 4. The van der Waals surface area contributed by atoms with Gasteiger partial charge in [0.2, 0.25) is 10.7 Å². The molecular formula is C26H32N4O7S. The maximum Gasteiger partial charge on any atom is 0.217 e. The number of nitrogens with zero attached hydrogens (tertiary/aromatic N) is 3. The number of carbonyl (C=O) groups is 1. The molecule has 0 unspecified atom stereocenters. The van der Waals surface area contributed by atoms with Gasteiger partial charge in [0.05, 0.1) is 20.8 Å². The van der Waals surface area contributed by atoms with Crippen molar-refractivity contribution in [1.29, 1.82) is 0 Å². The number of aliphatic hydroxyl groups is 3. The van der Waals surface area contributed by atoms with Gasteiger partial charge in [-0.1, -0.05) is 24.3 Å². The summed E-state index contributed by atoms with van der Waals surface area (Å²) in [7, 11) is 3.16. The first-order valence-electron chi connectivity index (χ1n) is 12.1. The van der Waals surface area contributed by atoms with Crippen LogP contribution >= 0.6 is 12.2 Å². The molecule has 1 fully saturated rings. The van der Waals surface area contributed by atoms with E-state index in [2.05, 4.69) is 5.32 Å². The molecule has 1 aliphatic heterocycles. The van der Waals surface area contributed by atoms with Crippen LogP contribution in [-0.2, 0) is 22.4 Å². The number of rotatable bonds is 9. The van der Waals surface area contributed by atoms with Crippen molar-refractivity contribution in [2.75, 3.05) is 20.8 Å². The Kier molecular flexibility index (Phi) is 8.80. The maximum atomic E-state index is 11.9. The molecule has 0 aliphatic carbocycles. The molecule has 11 nitrogen and oxygen atoms in total. The summed E-state index contributed by atoms with van der Waals surface area (Å²) in [6.45, 7) is 0.755. The minimum absolute atomic E-state index is 0.263. The van der Waals surface area contributed by atoms with Crippen molar-refractivity contribution in [3.05, 3.63) is 64.7 Å². The molecule has 204 valence electrons. The van der Waals surface area contributed by atoms with Crippen LogP contribution in [0.3, 0.4) is 0 Å². The van der Waals surface area contributed by atoms with E-state index in [1.54, 1.807) is 18.8 Å². The van der Waals surface area contributed by atoms with Crippen LogP contribution in [0.5, 0.6) is 11.5 Å². The van der Waals surface area contributed by atoms with E-state index < -0.39 is 43.1 Å². The molecule has 2 heterocycles. The lowest BCUT2D eigenvalue weighted by Crippen LogP contribution is -2.62. The monoisotopic (exact) mass is 544 g/mol. The number of ether oxygens (including phenoxy) is 3. The number of benzene rings is 2. The third kappa shape index (κ3) is 5.59. The van der Waals surface area contributed by atoms with Crippen molar-refractivity contribution in [1.82, 2.24) is 19.7 Å². The van der Waals surface area contributed by atoms with Gasteiger partial charge in [-0.25, -0.2) is 4.68 Å². The van der Waals surface area contributed by atoms with Crippen molar-refractivity contribution in [3.8, 4) is 17.2 Å². The fourth-order valence-electron chi connectivity index (χ4n) is 4.58. The summed E-state index contributed by atoms with van der Waals surface area (Å²) >= 11 is 5.82. The highest BCUT2D eigenvalue weighted by atomic mass is 32.1. The zero-order valence-electron chi connectivity index (χ0n) is 21.4. The van der Waals surface area contributed by atoms with Crippen LogP contribution in [0, 0.1) is 4.77 Å². The minimum Gasteiger partial charge on any atom is -0.493 e. The highest BCUT2D eigenvalue weighted by molar-refractivity contribution is 7.71. The molecule has 0 radical (unpaired) electrons. The van der Waals surface area contributed by atoms with E-state index in [4.69, 9.17) is 31.5 Å². The first kappa shape index (κ1) is 27.7. The molecule has 1 aromatic heterocycles. The van der Waals surface area contributed by atoms with E-state index in [0.29, 0.717) is 30.2 Å². The zero-order chi connectivity index (χ0) is 27.4. The Morgan fingerprint density at radius 3 is 2.42 bits per heavy atom. The van der Waals surface area contributed by atoms with Crippen LogP contribution in [0.2, 0.25) is 0 Å². The van der Waals surface area contributed by atoms with E-state index in [1.165, 1.54) is 11.6 Å². The summed E-state index contributed by atoms with van der Waals surface area (Å²) in [5.41, 5.74) is 1.77. The van der Waals surface area contributed by atoms with Crippen molar-refractivity contribution in [2.45, 2.75) is 50.3 Å². The van der Waals surface area contributed by atoms with Gasteiger partial charge in [-0.2, -0.15) is 5.10 Å². The van der Waals surface area contributed by atoms with Crippen LogP contribution in [0.4, 0.5) is 0 Å². The van der Waals surface area contributed by atoms with E-state index in [1.807, 2.05) is 48.5 Å². The fourth-order valence-corrected chi connectivity index (χ4v) is 4.93. The van der Waals surface area contributed by atoms with Gasteiger partial charge in [0.15, 0.2) is 17.7 Å². The largest absolute Gasteiger partial charge is 0.493 e. The van der Waals surface area contributed by atoms with Gasteiger partial charge in [-0.3, -0.25) is 9.36 Å². The molecule has 1 saturated heterocycles. The van der Waals surface area contributed by atoms with E-state index >= 15 is 0 Å². The molecule has 3 aromatic rings. The summed E-state index contributed by atoms with van der Waals surface area (Å²) in [5.74, 6) is 1.43. The quantitative estimate of drug-likeness (QED) is 0.294. The van der Waals surface area contributed by atoms with E-state index in [-0.39, 0.29) is 4.77 Å². The number of para-hydroxylation sites is 1. The number of aryl methyl sites for hydroxylation is 2. The van der Waals surface area contributed by atoms with Crippen molar-refractivity contribution in [2.24, 2.45) is 0 Å². The van der Waals surface area contributed by atoms with Crippen molar-refractivity contribution in [3.63, 3.8) is 0 Å². The van der Waals surface area contributed by atoms with Crippen LogP contribution in [0.15, 0.2) is 48.5 Å². The Balaban J connectivity index is 1.75. The lowest BCUT2D eigenvalue weighted by molar-refractivity contribution is -0.219.